The van der Waals surface area contributed by atoms with Gasteiger partial charge in [-0.2, -0.15) is 0 Å². The minimum Gasteiger partial charge on any atom is -0.404 e. The Morgan fingerprint density at radius 3 is 2.77 bits per heavy atom. The summed E-state index contributed by atoms with van der Waals surface area (Å²) in [6.07, 6.45) is 6.14. The zero-order chi connectivity index (χ0) is 21.8. The molecule has 1 aliphatic rings. The molecule has 1 aliphatic heterocycles. The average molecular weight is 419 g/mol. The number of ether oxygens (including phenoxy) is 1. The summed E-state index contributed by atoms with van der Waals surface area (Å²) in [6, 6.07) is 9.54. The SMILES string of the molecule is Cn1c(=O)c(Nc2ccc(NC3CCOCC3)nc2)nc2ccc(/C(C=N)=C/N)cc21. The van der Waals surface area contributed by atoms with Gasteiger partial charge in [0, 0.05) is 44.3 Å². The zero-order valence-electron chi connectivity index (χ0n) is 17.3. The average Bonchev–Trinajstić information content (AvgIpc) is 2.80. The van der Waals surface area contributed by atoms with Crippen LogP contribution in [0.25, 0.3) is 16.6 Å². The third kappa shape index (κ3) is 4.41. The molecular formula is C22H25N7O2. The topological polar surface area (TPSA) is 131 Å². The number of nitrogens with two attached hydrogens (primary N) is 1. The van der Waals surface area contributed by atoms with Crippen LogP contribution in [0.4, 0.5) is 17.3 Å². The Hall–Kier alpha value is -3.72. The summed E-state index contributed by atoms with van der Waals surface area (Å²) in [4.78, 5) is 21.8. The van der Waals surface area contributed by atoms with Gasteiger partial charge < -0.3 is 31.1 Å². The van der Waals surface area contributed by atoms with Crippen LogP contribution in [0.15, 0.2) is 47.5 Å². The smallest absolute Gasteiger partial charge is 0.293 e. The Bertz CT molecular complexity index is 1180. The quantitative estimate of drug-likeness (QED) is 0.452. The predicted octanol–water partition coefficient (Wildman–Crippen LogP) is 2.61. The second kappa shape index (κ2) is 8.97. The number of nitrogens with one attached hydrogen (secondary N) is 3. The Morgan fingerprint density at radius 2 is 2.10 bits per heavy atom. The van der Waals surface area contributed by atoms with Crippen LogP contribution < -0.4 is 21.9 Å². The maximum atomic E-state index is 12.8. The fourth-order valence-electron chi connectivity index (χ4n) is 3.55. The van der Waals surface area contributed by atoms with Gasteiger partial charge >= 0.3 is 0 Å². The van der Waals surface area contributed by atoms with Crippen molar-refractivity contribution in [1.82, 2.24) is 14.5 Å². The molecule has 31 heavy (non-hydrogen) atoms. The van der Waals surface area contributed by atoms with E-state index in [0.29, 0.717) is 28.3 Å². The standard InChI is InChI=1S/C22H25N7O2/c1-29-19-10-14(15(11-23)12-24)2-4-18(19)28-21(22(29)30)27-17-3-5-20(25-13-17)26-16-6-8-31-9-7-16/h2-5,10-13,16,23H,6-9,24H2,1H3,(H,25,26)(H,27,28)/b15-12+,23-11?. The first-order valence-electron chi connectivity index (χ1n) is 10.1. The molecule has 0 atom stereocenters. The highest BCUT2D eigenvalue weighted by molar-refractivity contribution is 6.09. The lowest BCUT2D eigenvalue weighted by Gasteiger charge is -2.23. The van der Waals surface area contributed by atoms with E-state index in [4.69, 9.17) is 15.9 Å². The molecule has 160 valence electrons. The summed E-state index contributed by atoms with van der Waals surface area (Å²) in [5.74, 6) is 1.01. The molecule has 2 aromatic heterocycles. The number of allylic oxidation sites excluding steroid dienone is 1. The van der Waals surface area contributed by atoms with Gasteiger partial charge in [-0.3, -0.25) is 4.79 Å². The van der Waals surface area contributed by atoms with E-state index < -0.39 is 0 Å². The lowest BCUT2D eigenvalue weighted by molar-refractivity contribution is 0.0904. The van der Waals surface area contributed by atoms with Crippen molar-refractivity contribution in [2.45, 2.75) is 18.9 Å². The first kappa shape index (κ1) is 20.5. The highest BCUT2D eigenvalue weighted by Crippen LogP contribution is 2.21. The van der Waals surface area contributed by atoms with Crippen molar-refractivity contribution in [3.8, 4) is 0 Å². The molecular weight excluding hydrogens is 394 g/mol. The molecule has 0 unspecified atom stereocenters. The van der Waals surface area contributed by atoms with Gasteiger partial charge in [0.05, 0.1) is 22.9 Å². The Balaban J connectivity index is 1.56. The lowest BCUT2D eigenvalue weighted by atomic mass is 10.1. The van der Waals surface area contributed by atoms with E-state index in [9.17, 15) is 4.79 Å². The van der Waals surface area contributed by atoms with E-state index in [-0.39, 0.29) is 11.4 Å². The largest absolute Gasteiger partial charge is 0.404 e. The maximum Gasteiger partial charge on any atom is 0.293 e. The van der Waals surface area contributed by atoms with Gasteiger partial charge in [0.25, 0.3) is 5.56 Å². The Labute approximate surface area is 179 Å². The van der Waals surface area contributed by atoms with E-state index >= 15 is 0 Å². The Morgan fingerprint density at radius 1 is 1.29 bits per heavy atom. The summed E-state index contributed by atoms with van der Waals surface area (Å²) >= 11 is 0. The van der Waals surface area contributed by atoms with Crippen LogP contribution in [0, 0.1) is 5.41 Å². The molecule has 1 saturated heterocycles. The molecule has 1 aromatic carbocycles. The first-order chi connectivity index (χ1) is 15.1. The maximum absolute atomic E-state index is 12.8. The minimum atomic E-state index is -0.262. The number of aromatic nitrogens is 3. The van der Waals surface area contributed by atoms with Crippen molar-refractivity contribution in [2.24, 2.45) is 12.8 Å². The highest BCUT2D eigenvalue weighted by atomic mass is 16.5. The number of aryl methyl sites for hydroxylation is 1. The van der Waals surface area contributed by atoms with Gasteiger partial charge in [-0.25, -0.2) is 9.97 Å². The van der Waals surface area contributed by atoms with Crippen LogP contribution in [0.3, 0.4) is 0 Å². The van der Waals surface area contributed by atoms with Crippen LogP contribution in [-0.2, 0) is 11.8 Å². The zero-order valence-corrected chi connectivity index (χ0v) is 17.3. The fourth-order valence-corrected chi connectivity index (χ4v) is 3.55. The molecule has 0 radical (unpaired) electrons. The van der Waals surface area contributed by atoms with E-state index in [1.165, 1.54) is 17.0 Å². The molecule has 3 heterocycles. The van der Waals surface area contributed by atoms with E-state index in [0.717, 1.165) is 37.4 Å². The molecule has 0 amide bonds. The van der Waals surface area contributed by atoms with Crippen LogP contribution >= 0.6 is 0 Å². The van der Waals surface area contributed by atoms with E-state index in [2.05, 4.69) is 20.6 Å². The number of benzene rings is 1. The lowest BCUT2D eigenvalue weighted by Crippen LogP contribution is -2.28. The minimum absolute atomic E-state index is 0.219. The predicted molar refractivity (Wildman–Crippen MR) is 123 cm³/mol. The van der Waals surface area contributed by atoms with Gasteiger partial charge in [-0.1, -0.05) is 6.07 Å². The molecule has 9 nitrogen and oxygen atoms in total. The Kier molecular flexibility index (Phi) is 5.94. The molecule has 1 fully saturated rings. The van der Waals surface area contributed by atoms with Crippen molar-refractivity contribution in [3.63, 3.8) is 0 Å². The fraction of sp³-hybridized carbons (Fsp3) is 0.273. The summed E-state index contributed by atoms with van der Waals surface area (Å²) in [7, 11) is 1.69. The summed E-state index contributed by atoms with van der Waals surface area (Å²) in [5.41, 5.74) is 8.62. The van der Waals surface area contributed by atoms with Gasteiger partial charge in [-0.15, -0.1) is 0 Å². The molecule has 4 rings (SSSR count). The highest BCUT2D eigenvalue weighted by Gasteiger charge is 2.14. The van der Waals surface area contributed by atoms with Gasteiger partial charge in [0.1, 0.15) is 5.82 Å². The third-order valence-corrected chi connectivity index (χ3v) is 5.34. The van der Waals surface area contributed by atoms with Crippen LogP contribution in [0.1, 0.15) is 18.4 Å². The number of nitrogens with zero attached hydrogens (tertiary/aromatic N) is 3. The van der Waals surface area contributed by atoms with Crippen molar-refractivity contribution in [3.05, 3.63) is 58.6 Å². The monoisotopic (exact) mass is 419 g/mol. The number of hydrogen-bond donors (Lipinski definition) is 4. The molecule has 0 spiro atoms. The molecule has 0 aliphatic carbocycles. The van der Waals surface area contributed by atoms with E-state index in [1.54, 1.807) is 25.4 Å². The second-order valence-corrected chi connectivity index (χ2v) is 7.38. The third-order valence-electron chi connectivity index (χ3n) is 5.34. The molecule has 0 bridgehead atoms. The molecule has 0 saturated carbocycles. The first-order valence-corrected chi connectivity index (χ1v) is 10.1. The summed E-state index contributed by atoms with van der Waals surface area (Å²) < 4.78 is 6.91. The number of rotatable bonds is 6. The molecule has 5 N–H and O–H groups in total. The van der Waals surface area contributed by atoms with Crippen molar-refractivity contribution in [1.29, 1.82) is 5.41 Å². The van der Waals surface area contributed by atoms with Gasteiger partial charge in [0.15, 0.2) is 5.82 Å². The normalized spacial score (nSPS) is 15.1. The molecule has 3 aromatic rings. The number of fused-ring (bicyclic) bond motifs is 1. The van der Waals surface area contributed by atoms with Gasteiger partial charge in [0.2, 0.25) is 0 Å². The number of pyridine rings is 1. The second-order valence-electron chi connectivity index (χ2n) is 7.38. The van der Waals surface area contributed by atoms with Crippen molar-refractivity contribution in [2.75, 3.05) is 23.8 Å². The van der Waals surface area contributed by atoms with Crippen molar-refractivity contribution >= 4 is 40.1 Å². The summed E-state index contributed by atoms with van der Waals surface area (Å²) in [6.45, 7) is 1.53. The van der Waals surface area contributed by atoms with Crippen LogP contribution in [0.2, 0.25) is 0 Å². The van der Waals surface area contributed by atoms with Crippen molar-refractivity contribution < 1.29 is 4.74 Å². The van der Waals surface area contributed by atoms with Crippen LogP contribution in [-0.4, -0.2) is 40.0 Å². The van der Waals surface area contributed by atoms with Gasteiger partial charge in [-0.05, 0) is 42.7 Å². The number of hydrogen-bond acceptors (Lipinski definition) is 8. The molecule has 9 heteroatoms. The number of anilines is 3. The van der Waals surface area contributed by atoms with E-state index in [1.807, 2.05) is 18.2 Å². The van der Waals surface area contributed by atoms with Crippen LogP contribution in [0.5, 0.6) is 0 Å². The summed E-state index contributed by atoms with van der Waals surface area (Å²) in [5, 5.41) is 13.9.